The lowest BCUT2D eigenvalue weighted by molar-refractivity contribution is -0.125. The first-order valence-corrected chi connectivity index (χ1v) is 8.01. The zero-order valence-corrected chi connectivity index (χ0v) is 13.5. The molecule has 1 N–H and O–H groups in total. The van der Waals surface area contributed by atoms with Crippen molar-refractivity contribution in [2.75, 3.05) is 13.2 Å². The van der Waals surface area contributed by atoms with Gasteiger partial charge in [-0.05, 0) is 47.9 Å². The fraction of sp³-hybridized carbons (Fsp3) is 0.500. The highest BCUT2D eigenvalue weighted by Crippen LogP contribution is 2.16. The standard InChI is InChI=1S/C16H20FN5O2/c1-11-19-20-21-22(11)15(9-12-4-6-13(17)7-5-12)16(23)18-10-14-3-2-8-24-14/h4-7,14-15H,2-3,8-10H2,1H3,(H,18,23)/t14-,15-/m1/s1. The number of hydrogen-bond acceptors (Lipinski definition) is 5. The second-order valence-corrected chi connectivity index (χ2v) is 5.90. The van der Waals surface area contributed by atoms with Crippen LogP contribution < -0.4 is 5.32 Å². The summed E-state index contributed by atoms with van der Waals surface area (Å²) in [5.74, 6) is 0.0661. The maximum Gasteiger partial charge on any atom is 0.245 e. The summed E-state index contributed by atoms with van der Waals surface area (Å²) in [6.45, 7) is 2.95. The van der Waals surface area contributed by atoms with Crippen LogP contribution in [0.3, 0.4) is 0 Å². The lowest BCUT2D eigenvalue weighted by Crippen LogP contribution is -2.38. The number of ether oxygens (including phenoxy) is 1. The van der Waals surface area contributed by atoms with Gasteiger partial charge < -0.3 is 10.1 Å². The van der Waals surface area contributed by atoms with Crippen LogP contribution in [0.15, 0.2) is 24.3 Å². The number of aryl methyl sites for hydroxylation is 1. The van der Waals surface area contributed by atoms with Crippen molar-refractivity contribution in [1.82, 2.24) is 25.5 Å². The number of benzene rings is 1. The van der Waals surface area contributed by atoms with Crippen molar-refractivity contribution in [3.05, 3.63) is 41.5 Å². The Balaban J connectivity index is 1.72. The Bertz CT molecular complexity index is 682. The number of halogens is 1. The summed E-state index contributed by atoms with van der Waals surface area (Å²) < 4.78 is 20.1. The molecule has 24 heavy (non-hydrogen) atoms. The van der Waals surface area contributed by atoms with Crippen LogP contribution in [-0.2, 0) is 16.0 Å². The quantitative estimate of drug-likeness (QED) is 0.859. The van der Waals surface area contributed by atoms with E-state index >= 15 is 0 Å². The predicted molar refractivity (Wildman–Crippen MR) is 83.7 cm³/mol. The summed E-state index contributed by atoms with van der Waals surface area (Å²) in [6, 6.07) is 5.49. The van der Waals surface area contributed by atoms with E-state index < -0.39 is 6.04 Å². The maximum atomic E-state index is 13.1. The fourth-order valence-electron chi connectivity index (χ4n) is 2.80. The zero-order chi connectivity index (χ0) is 16.9. The van der Waals surface area contributed by atoms with Crippen molar-refractivity contribution in [3.8, 4) is 0 Å². The number of carbonyl (C=O) groups excluding carboxylic acids is 1. The van der Waals surface area contributed by atoms with Gasteiger partial charge in [-0.2, -0.15) is 0 Å². The van der Waals surface area contributed by atoms with Crippen LogP contribution in [0.25, 0.3) is 0 Å². The summed E-state index contributed by atoms with van der Waals surface area (Å²) in [6.07, 6.45) is 2.41. The molecule has 2 atom stereocenters. The van der Waals surface area contributed by atoms with Gasteiger partial charge >= 0.3 is 0 Å². The van der Waals surface area contributed by atoms with E-state index in [9.17, 15) is 9.18 Å². The summed E-state index contributed by atoms with van der Waals surface area (Å²) in [5.41, 5.74) is 0.837. The molecule has 7 nitrogen and oxygen atoms in total. The molecule has 3 rings (SSSR count). The summed E-state index contributed by atoms with van der Waals surface area (Å²) in [7, 11) is 0. The van der Waals surface area contributed by atoms with Gasteiger partial charge in [0.1, 0.15) is 17.7 Å². The SMILES string of the molecule is Cc1nnnn1[C@H](Cc1ccc(F)cc1)C(=O)NC[C@H]1CCCO1. The molecule has 1 amide bonds. The van der Waals surface area contributed by atoms with E-state index in [2.05, 4.69) is 20.8 Å². The van der Waals surface area contributed by atoms with Crippen molar-refractivity contribution in [1.29, 1.82) is 0 Å². The molecule has 8 heteroatoms. The molecule has 1 aliphatic rings. The van der Waals surface area contributed by atoms with Gasteiger partial charge in [0.05, 0.1) is 6.10 Å². The van der Waals surface area contributed by atoms with Gasteiger partial charge in [0, 0.05) is 19.6 Å². The van der Waals surface area contributed by atoms with E-state index in [1.54, 1.807) is 19.1 Å². The number of carbonyl (C=O) groups is 1. The lowest BCUT2D eigenvalue weighted by Gasteiger charge is -2.19. The third-order valence-electron chi connectivity index (χ3n) is 4.13. The maximum absolute atomic E-state index is 13.1. The summed E-state index contributed by atoms with van der Waals surface area (Å²) in [5, 5.41) is 14.3. The molecule has 1 aromatic carbocycles. The van der Waals surface area contributed by atoms with Gasteiger partial charge in [-0.25, -0.2) is 9.07 Å². The van der Waals surface area contributed by atoms with Gasteiger partial charge in [-0.1, -0.05) is 12.1 Å². The predicted octanol–water partition coefficient (Wildman–Crippen LogP) is 1.20. The number of aromatic nitrogens is 4. The Morgan fingerprint density at radius 1 is 1.46 bits per heavy atom. The molecule has 1 aromatic heterocycles. The first kappa shape index (κ1) is 16.5. The molecule has 0 saturated carbocycles. The molecule has 0 bridgehead atoms. The van der Waals surface area contributed by atoms with E-state index in [1.165, 1.54) is 16.8 Å². The van der Waals surface area contributed by atoms with Crippen LogP contribution in [0.5, 0.6) is 0 Å². The average Bonchev–Trinajstić information content (AvgIpc) is 3.24. The minimum Gasteiger partial charge on any atom is -0.376 e. The molecule has 0 aliphatic carbocycles. The first-order valence-electron chi connectivity index (χ1n) is 8.01. The summed E-state index contributed by atoms with van der Waals surface area (Å²) in [4.78, 5) is 12.7. The van der Waals surface area contributed by atoms with Crippen molar-refractivity contribution >= 4 is 5.91 Å². The van der Waals surface area contributed by atoms with Crippen LogP contribution in [0.4, 0.5) is 4.39 Å². The highest BCUT2D eigenvalue weighted by molar-refractivity contribution is 5.80. The van der Waals surface area contributed by atoms with Crippen molar-refractivity contribution < 1.29 is 13.9 Å². The molecular formula is C16H20FN5O2. The van der Waals surface area contributed by atoms with E-state index in [-0.39, 0.29) is 17.8 Å². The third-order valence-corrected chi connectivity index (χ3v) is 4.13. The van der Waals surface area contributed by atoms with Gasteiger partial charge in [0.2, 0.25) is 5.91 Å². The Morgan fingerprint density at radius 3 is 2.88 bits per heavy atom. The number of nitrogens with one attached hydrogen (secondary N) is 1. The van der Waals surface area contributed by atoms with Gasteiger partial charge in [0.15, 0.2) is 0 Å². The fourth-order valence-corrected chi connectivity index (χ4v) is 2.80. The van der Waals surface area contributed by atoms with E-state index in [4.69, 9.17) is 4.74 Å². The van der Waals surface area contributed by atoms with Crippen molar-refractivity contribution in [3.63, 3.8) is 0 Å². The first-order chi connectivity index (χ1) is 11.6. The second-order valence-electron chi connectivity index (χ2n) is 5.90. The van der Waals surface area contributed by atoms with Gasteiger partial charge in [-0.15, -0.1) is 5.10 Å². The molecule has 1 aliphatic heterocycles. The minimum atomic E-state index is -0.591. The van der Waals surface area contributed by atoms with Crippen LogP contribution in [0, 0.1) is 12.7 Å². The number of amides is 1. The molecule has 0 radical (unpaired) electrons. The highest BCUT2D eigenvalue weighted by Gasteiger charge is 2.25. The topological polar surface area (TPSA) is 81.9 Å². The second kappa shape index (κ2) is 7.48. The van der Waals surface area contributed by atoms with Crippen molar-refractivity contribution in [2.24, 2.45) is 0 Å². The average molecular weight is 333 g/mol. The molecule has 0 spiro atoms. The van der Waals surface area contributed by atoms with E-state index in [0.717, 1.165) is 25.0 Å². The van der Waals surface area contributed by atoms with Crippen LogP contribution >= 0.6 is 0 Å². The lowest BCUT2D eigenvalue weighted by atomic mass is 10.0. The van der Waals surface area contributed by atoms with Crippen LogP contribution in [0.2, 0.25) is 0 Å². The van der Waals surface area contributed by atoms with E-state index in [0.29, 0.717) is 18.8 Å². The smallest absolute Gasteiger partial charge is 0.245 e. The van der Waals surface area contributed by atoms with Crippen LogP contribution in [-0.4, -0.2) is 45.4 Å². The summed E-state index contributed by atoms with van der Waals surface area (Å²) >= 11 is 0. The Kier molecular flexibility index (Phi) is 5.14. The third kappa shape index (κ3) is 3.94. The van der Waals surface area contributed by atoms with Gasteiger partial charge in [0.25, 0.3) is 0 Å². The molecule has 1 fully saturated rings. The Labute approximate surface area is 139 Å². The minimum absolute atomic E-state index is 0.0652. The Hall–Kier alpha value is -2.35. The molecule has 2 aromatic rings. The number of rotatable bonds is 6. The normalized spacial score (nSPS) is 18.5. The number of hydrogen-bond donors (Lipinski definition) is 1. The number of nitrogens with zero attached hydrogens (tertiary/aromatic N) is 4. The van der Waals surface area contributed by atoms with Crippen LogP contribution in [0.1, 0.15) is 30.3 Å². The largest absolute Gasteiger partial charge is 0.376 e. The number of tetrazole rings is 1. The van der Waals surface area contributed by atoms with E-state index in [1.807, 2.05) is 0 Å². The monoisotopic (exact) mass is 333 g/mol. The van der Waals surface area contributed by atoms with Gasteiger partial charge in [-0.3, -0.25) is 4.79 Å². The molecule has 1 saturated heterocycles. The zero-order valence-electron chi connectivity index (χ0n) is 13.5. The van der Waals surface area contributed by atoms with Crippen molar-refractivity contribution in [2.45, 2.75) is 38.3 Å². The highest BCUT2D eigenvalue weighted by atomic mass is 19.1. The Morgan fingerprint density at radius 2 is 2.25 bits per heavy atom. The molecular weight excluding hydrogens is 313 g/mol. The molecule has 0 unspecified atom stereocenters. The molecule has 2 heterocycles. The molecule has 128 valence electrons.